The van der Waals surface area contributed by atoms with Crippen LogP contribution < -0.4 is 5.32 Å². The van der Waals surface area contributed by atoms with E-state index in [1.807, 2.05) is 39.0 Å². The molecule has 1 aliphatic heterocycles. The van der Waals surface area contributed by atoms with Gasteiger partial charge in [0.15, 0.2) is 11.6 Å². The number of carbonyl (C=O) groups is 1. The Labute approximate surface area is 198 Å². The number of sulfonamides is 1. The van der Waals surface area contributed by atoms with Crippen LogP contribution in [0.2, 0.25) is 0 Å². The van der Waals surface area contributed by atoms with Gasteiger partial charge in [0.2, 0.25) is 15.9 Å². The predicted molar refractivity (Wildman–Crippen MR) is 125 cm³/mol. The van der Waals surface area contributed by atoms with Gasteiger partial charge >= 0.3 is 0 Å². The number of amides is 1. The van der Waals surface area contributed by atoms with E-state index in [1.54, 1.807) is 13.8 Å². The Morgan fingerprint density at radius 2 is 1.82 bits per heavy atom. The molecule has 0 radical (unpaired) electrons. The molecule has 0 aliphatic carbocycles. The van der Waals surface area contributed by atoms with Crippen molar-refractivity contribution in [1.82, 2.24) is 19.6 Å². The summed E-state index contributed by atoms with van der Waals surface area (Å²) in [5.41, 5.74) is 2.49. The number of aryl methyl sites for hydroxylation is 3. The Morgan fingerprint density at radius 3 is 2.41 bits per heavy atom. The molecule has 34 heavy (non-hydrogen) atoms. The van der Waals surface area contributed by atoms with E-state index in [0.717, 1.165) is 5.56 Å². The molecule has 1 aromatic carbocycles. The largest absolute Gasteiger partial charge is 0.360 e. The molecule has 0 bridgehead atoms. The van der Waals surface area contributed by atoms with Crippen LogP contribution in [-0.2, 0) is 14.8 Å². The maximum atomic E-state index is 13.1. The van der Waals surface area contributed by atoms with Gasteiger partial charge in [-0.1, -0.05) is 36.3 Å². The van der Waals surface area contributed by atoms with Gasteiger partial charge in [0.25, 0.3) is 5.89 Å². The molecule has 10 nitrogen and oxygen atoms in total. The normalized spacial score (nSPS) is 15.7. The van der Waals surface area contributed by atoms with Crippen molar-refractivity contribution >= 4 is 21.6 Å². The highest BCUT2D eigenvalue weighted by molar-refractivity contribution is 7.89. The molecule has 3 heterocycles. The molecule has 0 unspecified atom stereocenters. The zero-order valence-corrected chi connectivity index (χ0v) is 20.8. The van der Waals surface area contributed by atoms with Gasteiger partial charge in [0, 0.05) is 24.9 Å². The van der Waals surface area contributed by atoms with Crippen LogP contribution >= 0.6 is 0 Å². The van der Waals surface area contributed by atoms with E-state index in [2.05, 4.69) is 20.6 Å². The lowest BCUT2D eigenvalue weighted by atomic mass is 9.96. The van der Waals surface area contributed by atoms with Crippen LogP contribution in [0.4, 0.5) is 5.69 Å². The molecular formula is C23H29N5O5S. The van der Waals surface area contributed by atoms with Crippen LogP contribution in [0.5, 0.6) is 0 Å². The summed E-state index contributed by atoms with van der Waals surface area (Å²) in [6.45, 7) is 9.53. The van der Waals surface area contributed by atoms with Gasteiger partial charge in [0.05, 0.1) is 11.3 Å². The number of benzene rings is 1. The van der Waals surface area contributed by atoms with Gasteiger partial charge in [-0.2, -0.15) is 9.29 Å². The fourth-order valence-corrected chi connectivity index (χ4v) is 5.91. The maximum Gasteiger partial charge on any atom is 0.260 e. The van der Waals surface area contributed by atoms with Crippen molar-refractivity contribution < 1.29 is 22.3 Å². The Hall–Kier alpha value is -3.05. The lowest BCUT2D eigenvalue weighted by Gasteiger charge is -2.30. The number of piperidine rings is 1. The minimum absolute atomic E-state index is 0.111. The molecular weight excluding hydrogens is 458 g/mol. The number of hydrogen-bond acceptors (Lipinski definition) is 8. The second kappa shape index (κ2) is 9.30. The van der Waals surface area contributed by atoms with Gasteiger partial charge in [-0.25, -0.2) is 8.42 Å². The van der Waals surface area contributed by atoms with Crippen LogP contribution in [-0.4, -0.2) is 47.0 Å². The van der Waals surface area contributed by atoms with Crippen molar-refractivity contribution in [1.29, 1.82) is 0 Å². The van der Waals surface area contributed by atoms with Crippen LogP contribution in [0, 0.1) is 26.7 Å². The summed E-state index contributed by atoms with van der Waals surface area (Å²) < 4.78 is 38.0. The van der Waals surface area contributed by atoms with E-state index in [9.17, 15) is 13.2 Å². The lowest BCUT2D eigenvalue weighted by Crippen LogP contribution is -2.41. The quantitative estimate of drug-likeness (QED) is 0.555. The second-order valence-corrected chi connectivity index (χ2v) is 10.8. The molecule has 1 aliphatic rings. The minimum Gasteiger partial charge on any atom is -0.360 e. The summed E-state index contributed by atoms with van der Waals surface area (Å²) in [4.78, 5) is 17.7. The van der Waals surface area contributed by atoms with Gasteiger partial charge < -0.3 is 14.4 Å². The average Bonchev–Trinajstić information content (AvgIpc) is 3.42. The predicted octanol–water partition coefficient (Wildman–Crippen LogP) is 3.81. The summed E-state index contributed by atoms with van der Waals surface area (Å²) in [5.74, 6) is 0.855. The van der Waals surface area contributed by atoms with E-state index in [1.165, 1.54) is 4.31 Å². The van der Waals surface area contributed by atoms with E-state index in [-0.39, 0.29) is 41.5 Å². The minimum atomic E-state index is -3.72. The van der Waals surface area contributed by atoms with Crippen LogP contribution in [0.15, 0.2) is 32.1 Å². The third kappa shape index (κ3) is 4.49. The number of nitrogens with one attached hydrogen (secondary N) is 1. The van der Waals surface area contributed by atoms with Crippen molar-refractivity contribution in [3.8, 4) is 11.5 Å². The maximum absolute atomic E-state index is 13.1. The first-order valence-corrected chi connectivity index (χ1v) is 12.7. The van der Waals surface area contributed by atoms with E-state index in [4.69, 9.17) is 9.05 Å². The summed E-state index contributed by atoms with van der Waals surface area (Å²) in [6.07, 6.45) is 0.821. The van der Waals surface area contributed by atoms with E-state index in [0.29, 0.717) is 41.5 Å². The van der Waals surface area contributed by atoms with Crippen molar-refractivity contribution in [3.05, 3.63) is 41.0 Å². The third-order valence-electron chi connectivity index (χ3n) is 6.10. The van der Waals surface area contributed by atoms with Gasteiger partial charge in [0.1, 0.15) is 10.6 Å². The number of anilines is 1. The smallest absolute Gasteiger partial charge is 0.260 e. The number of carbonyl (C=O) groups excluding carboxylic acids is 1. The first kappa shape index (κ1) is 24.1. The highest BCUT2D eigenvalue weighted by Crippen LogP contribution is 2.32. The highest BCUT2D eigenvalue weighted by Gasteiger charge is 2.35. The molecule has 4 rings (SSSR count). The van der Waals surface area contributed by atoms with Crippen LogP contribution in [0.1, 0.15) is 55.4 Å². The van der Waals surface area contributed by atoms with E-state index < -0.39 is 10.0 Å². The Kier molecular flexibility index (Phi) is 6.59. The van der Waals surface area contributed by atoms with Crippen LogP contribution in [0.25, 0.3) is 11.5 Å². The third-order valence-corrected chi connectivity index (χ3v) is 8.24. The molecule has 1 N–H and O–H groups in total. The Bertz CT molecular complexity index is 1280. The van der Waals surface area contributed by atoms with Crippen molar-refractivity contribution in [2.45, 2.75) is 58.3 Å². The SMILES string of the molecule is Cc1cccc(-c2nc(C(C)C)no2)c1NC(=O)C1CCN(S(=O)(=O)c2c(C)noc2C)CC1. The Balaban J connectivity index is 1.48. The topological polar surface area (TPSA) is 131 Å². The highest BCUT2D eigenvalue weighted by atomic mass is 32.2. The molecule has 182 valence electrons. The monoisotopic (exact) mass is 487 g/mol. The van der Waals surface area contributed by atoms with Crippen LogP contribution in [0.3, 0.4) is 0 Å². The van der Waals surface area contributed by atoms with E-state index >= 15 is 0 Å². The van der Waals surface area contributed by atoms with Crippen molar-refractivity contribution in [2.75, 3.05) is 18.4 Å². The van der Waals surface area contributed by atoms with Gasteiger partial charge in [-0.3, -0.25) is 4.79 Å². The standard InChI is InChI=1S/C23H29N5O5S/c1-13(2)21-25-23(33-27-21)18-8-6-7-14(3)19(18)24-22(29)17-9-11-28(12-10-17)34(30,31)20-15(4)26-32-16(20)5/h6-8,13,17H,9-12H2,1-5H3,(H,24,29). The first-order valence-electron chi connectivity index (χ1n) is 11.3. The molecule has 0 atom stereocenters. The summed E-state index contributed by atoms with van der Waals surface area (Å²) in [7, 11) is -3.72. The average molecular weight is 488 g/mol. The number of para-hydroxylation sites is 1. The zero-order valence-electron chi connectivity index (χ0n) is 20.0. The molecule has 1 saturated heterocycles. The molecule has 3 aromatic rings. The number of nitrogens with zero attached hydrogens (tertiary/aromatic N) is 4. The summed E-state index contributed by atoms with van der Waals surface area (Å²) in [5, 5.41) is 10.8. The number of rotatable bonds is 6. The lowest BCUT2D eigenvalue weighted by molar-refractivity contribution is -0.120. The molecule has 0 spiro atoms. The van der Waals surface area contributed by atoms with Gasteiger partial charge in [-0.05, 0) is 45.2 Å². The summed E-state index contributed by atoms with van der Waals surface area (Å²) >= 11 is 0. The molecule has 0 saturated carbocycles. The van der Waals surface area contributed by atoms with Gasteiger partial charge in [-0.15, -0.1) is 0 Å². The van der Waals surface area contributed by atoms with Crippen molar-refractivity contribution in [2.24, 2.45) is 5.92 Å². The molecule has 1 amide bonds. The zero-order chi connectivity index (χ0) is 24.6. The second-order valence-electron chi connectivity index (χ2n) is 8.93. The fraction of sp³-hybridized carbons (Fsp3) is 0.478. The van der Waals surface area contributed by atoms with Crippen molar-refractivity contribution in [3.63, 3.8) is 0 Å². The first-order chi connectivity index (χ1) is 16.1. The molecule has 1 fully saturated rings. The summed E-state index contributed by atoms with van der Waals surface area (Å²) in [6, 6.07) is 5.61. The molecule has 2 aromatic heterocycles. The Morgan fingerprint density at radius 1 is 1.12 bits per heavy atom. The fourth-order valence-electron chi connectivity index (χ4n) is 4.15. The number of aromatic nitrogens is 3. The molecule has 11 heteroatoms. The number of hydrogen-bond donors (Lipinski definition) is 1.